The number of morpholine rings is 1. The summed E-state index contributed by atoms with van der Waals surface area (Å²) in [7, 11) is 2.21. The molecule has 0 saturated carbocycles. The van der Waals surface area contributed by atoms with Gasteiger partial charge in [-0.3, -0.25) is 4.79 Å². The van der Waals surface area contributed by atoms with Crippen LogP contribution in [0, 0.1) is 0 Å². The van der Waals surface area contributed by atoms with Crippen molar-refractivity contribution in [1.29, 1.82) is 0 Å². The SMILES string of the molecule is C[N+]1(CCCNC(=O)/C=N\O)CCOCC1. The summed E-state index contributed by atoms with van der Waals surface area (Å²) in [5.74, 6) is -0.355. The molecule has 0 unspecified atom stereocenters. The van der Waals surface area contributed by atoms with Crippen LogP contribution in [0.1, 0.15) is 6.42 Å². The third kappa shape index (κ3) is 4.59. The largest absolute Gasteiger partial charge is 0.411 e. The third-order valence-electron chi connectivity index (χ3n) is 2.90. The molecule has 2 N–H and O–H groups in total. The van der Waals surface area contributed by atoms with E-state index >= 15 is 0 Å². The number of nitrogens with zero attached hydrogens (tertiary/aromatic N) is 2. The number of oxime groups is 1. The fourth-order valence-corrected chi connectivity index (χ4v) is 1.78. The highest BCUT2D eigenvalue weighted by Crippen LogP contribution is 2.07. The number of carbonyl (C=O) groups excluding carboxylic acids is 1. The van der Waals surface area contributed by atoms with E-state index in [0.29, 0.717) is 6.54 Å². The Morgan fingerprint density at radius 1 is 1.56 bits per heavy atom. The fraction of sp³-hybridized carbons (Fsp3) is 0.800. The molecule has 0 spiro atoms. The molecule has 0 aromatic heterocycles. The van der Waals surface area contributed by atoms with Gasteiger partial charge in [-0.1, -0.05) is 5.16 Å². The summed E-state index contributed by atoms with van der Waals surface area (Å²) in [5, 5.41) is 13.4. The van der Waals surface area contributed by atoms with E-state index in [2.05, 4.69) is 17.5 Å². The van der Waals surface area contributed by atoms with Gasteiger partial charge >= 0.3 is 0 Å². The van der Waals surface area contributed by atoms with Crippen LogP contribution in [-0.2, 0) is 9.53 Å². The van der Waals surface area contributed by atoms with Gasteiger partial charge < -0.3 is 19.7 Å². The predicted octanol–water partition coefficient (Wildman–Crippen LogP) is -0.570. The van der Waals surface area contributed by atoms with E-state index in [1.165, 1.54) is 0 Å². The van der Waals surface area contributed by atoms with Crippen LogP contribution in [0.5, 0.6) is 0 Å². The number of likely N-dealkylation sites (N-methyl/N-ethyl adjacent to an activating group) is 1. The number of quaternary nitrogens is 1. The highest BCUT2D eigenvalue weighted by molar-refractivity contribution is 6.25. The van der Waals surface area contributed by atoms with Gasteiger partial charge in [-0.2, -0.15) is 0 Å². The quantitative estimate of drug-likeness (QED) is 0.218. The van der Waals surface area contributed by atoms with E-state index in [1.807, 2.05) is 0 Å². The molecule has 1 heterocycles. The first kappa shape index (κ1) is 12.9. The molecule has 1 amide bonds. The standard InChI is InChI=1S/C10H19N3O3/c1-13(5-7-16-8-6-13)4-2-3-11-10(14)9-12-15/h9H,2-8H2,1H3,(H-,11,14,15)/p+1. The molecule has 6 heteroatoms. The molecule has 1 saturated heterocycles. The monoisotopic (exact) mass is 230 g/mol. The van der Waals surface area contributed by atoms with Crippen molar-refractivity contribution in [2.75, 3.05) is 46.4 Å². The molecule has 0 aromatic carbocycles. The van der Waals surface area contributed by atoms with Crippen molar-refractivity contribution in [1.82, 2.24) is 5.32 Å². The maximum atomic E-state index is 10.9. The van der Waals surface area contributed by atoms with Crippen LogP contribution in [0.25, 0.3) is 0 Å². The topological polar surface area (TPSA) is 70.9 Å². The van der Waals surface area contributed by atoms with Gasteiger partial charge in [0.2, 0.25) is 0 Å². The molecule has 92 valence electrons. The van der Waals surface area contributed by atoms with Crippen molar-refractivity contribution in [3.63, 3.8) is 0 Å². The summed E-state index contributed by atoms with van der Waals surface area (Å²) in [6.45, 7) is 5.34. The number of rotatable bonds is 5. The Balaban J connectivity index is 2.12. The highest BCUT2D eigenvalue weighted by Gasteiger charge is 2.24. The van der Waals surface area contributed by atoms with Gasteiger partial charge in [-0.15, -0.1) is 0 Å². The minimum absolute atomic E-state index is 0.355. The molecule has 1 rings (SSSR count). The molecule has 0 aliphatic carbocycles. The lowest BCUT2D eigenvalue weighted by molar-refractivity contribution is -0.916. The zero-order valence-electron chi connectivity index (χ0n) is 9.69. The van der Waals surface area contributed by atoms with E-state index in [9.17, 15) is 4.79 Å². The number of hydrogen-bond donors (Lipinski definition) is 2. The Labute approximate surface area is 95.5 Å². The molecule has 0 aromatic rings. The average molecular weight is 230 g/mol. The molecule has 1 aliphatic heterocycles. The van der Waals surface area contributed by atoms with Gasteiger partial charge in [0, 0.05) is 13.0 Å². The molecule has 1 fully saturated rings. The van der Waals surface area contributed by atoms with E-state index in [-0.39, 0.29) is 5.91 Å². The second kappa shape index (κ2) is 6.44. The van der Waals surface area contributed by atoms with Crippen molar-refractivity contribution in [2.45, 2.75) is 6.42 Å². The van der Waals surface area contributed by atoms with Crippen LogP contribution in [0.4, 0.5) is 0 Å². The normalized spacial score (nSPS) is 19.8. The maximum Gasteiger partial charge on any atom is 0.265 e. The average Bonchev–Trinajstić information content (AvgIpc) is 2.26. The fourth-order valence-electron chi connectivity index (χ4n) is 1.78. The first-order valence-corrected chi connectivity index (χ1v) is 5.53. The Bertz CT molecular complexity index is 250. The highest BCUT2D eigenvalue weighted by atomic mass is 16.5. The number of amides is 1. The van der Waals surface area contributed by atoms with Crippen LogP contribution in [-0.4, -0.2) is 68.3 Å². The molecular formula is C10H20N3O3+. The Morgan fingerprint density at radius 2 is 2.25 bits per heavy atom. The zero-order valence-corrected chi connectivity index (χ0v) is 9.69. The molecule has 0 bridgehead atoms. The van der Waals surface area contributed by atoms with Crippen LogP contribution in [0.2, 0.25) is 0 Å². The number of carbonyl (C=O) groups is 1. The maximum absolute atomic E-state index is 10.9. The van der Waals surface area contributed by atoms with Crippen molar-refractivity contribution in [3.8, 4) is 0 Å². The second-order valence-corrected chi connectivity index (χ2v) is 4.29. The minimum Gasteiger partial charge on any atom is -0.411 e. The van der Waals surface area contributed by atoms with Crippen LogP contribution >= 0.6 is 0 Å². The van der Waals surface area contributed by atoms with E-state index in [0.717, 1.165) is 50.0 Å². The third-order valence-corrected chi connectivity index (χ3v) is 2.90. The Morgan fingerprint density at radius 3 is 2.88 bits per heavy atom. The van der Waals surface area contributed by atoms with Crippen LogP contribution in [0.15, 0.2) is 5.16 Å². The zero-order chi connectivity index (χ0) is 11.9. The van der Waals surface area contributed by atoms with Gasteiger partial charge in [0.25, 0.3) is 5.91 Å². The van der Waals surface area contributed by atoms with Gasteiger partial charge in [-0.05, 0) is 0 Å². The summed E-state index contributed by atoms with van der Waals surface area (Å²) < 4.78 is 6.31. The lowest BCUT2D eigenvalue weighted by Gasteiger charge is -2.37. The van der Waals surface area contributed by atoms with Crippen molar-refractivity contribution >= 4 is 12.1 Å². The summed E-state index contributed by atoms with van der Waals surface area (Å²) in [4.78, 5) is 10.9. The van der Waals surface area contributed by atoms with Crippen LogP contribution in [0.3, 0.4) is 0 Å². The minimum atomic E-state index is -0.355. The first-order valence-electron chi connectivity index (χ1n) is 5.53. The molecule has 0 atom stereocenters. The van der Waals surface area contributed by atoms with Gasteiger partial charge in [-0.25, -0.2) is 0 Å². The van der Waals surface area contributed by atoms with Gasteiger partial charge in [0.15, 0.2) is 0 Å². The number of ether oxygens (including phenoxy) is 1. The van der Waals surface area contributed by atoms with E-state index < -0.39 is 0 Å². The number of hydrogen-bond acceptors (Lipinski definition) is 4. The predicted molar refractivity (Wildman–Crippen MR) is 59.5 cm³/mol. The summed E-state index contributed by atoms with van der Waals surface area (Å²) in [6.07, 6.45) is 1.78. The summed E-state index contributed by atoms with van der Waals surface area (Å²) in [5.41, 5.74) is 0. The molecule has 0 radical (unpaired) electrons. The lowest BCUT2D eigenvalue weighted by Crippen LogP contribution is -2.52. The Kier molecular flexibility index (Phi) is 5.21. The molecular weight excluding hydrogens is 210 g/mol. The number of nitrogens with one attached hydrogen (secondary N) is 1. The van der Waals surface area contributed by atoms with Crippen molar-refractivity contribution in [3.05, 3.63) is 0 Å². The lowest BCUT2D eigenvalue weighted by atomic mass is 10.3. The molecule has 16 heavy (non-hydrogen) atoms. The van der Waals surface area contributed by atoms with E-state index in [1.54, 1.807) is 0 Å². The summed E-state index contributed by atoms with van der Waals surface area (Å²) in [6, 6.07) is 0. The molecule has 1 aliphatic rings. The van der Waals surface area contributed by atoms with E-state index in [4.69, 9.17) is 9.94 Å². The smallest absolute Gasteiger partial charge is 0.265 e. The van der Waals surface area contributed by atoms with Crippen molar-refractivity contribution in [2.24, 2.45) is 5.16 Å². The molecule has 6 nitrogen and oxygen atoms in total. The Hall–Kier alpha value is -1.14. The second-order valence-electron chi connectivity index (χ2n) is 4.29. The first-order chi connectivity index (χ1) is 7.66. The summed E-state index contributed by atoms with van der Waals surface area (Å²) >= 11 is 0. The van der Waals surface area contributed by atoms with Crippen molar-refractivity contribution < 1.29 is 19.2 Å². The van der Waals surface area contributed by atoms with Crippen LogP contribution < -0.4 is 5.32 Å². The van der Waals surface area contributed by atoms with Gasteiger partial charge in [0.1, 0.15) is 19.3 Å². The van der Waals surface area contributed by atoms with Gasteiger partial charge in [0.05, 0.1) is 26.8 Å².